The quantitative estimate of drug-likeness (QED) is 0.135. The highest BCUT2D eigenvalue weighted by Gasteiger charge is 2.44. The van der Waals surface area contributed by atoms with Gasteiger partial charge in [-0.3, -0.25) is 9.35 Å². The lowest BCUT2D eigenvalue weighted by Crippen LogP contribution is -2.28. The van der Waals surface area contributed by atoms with Crippen molar-refractivity contribution in [1.29, 1.82) is 0 Å². The Morgan fingerprint density at radius 1 is 0.976 bits per heavy atom. The van der Waals surface area contributed by atoms with Crippen molar-refractivity contribution in [3.63, 3.8) is 0 Å². The Labute approximate surface area is 250 Å². The van der Waals surface area contributed by atoms with Crippen molar-refractivity contribution in [1.82, 2.24) is 0 Å². The van der Waals surface area contributed by atoms with Crippen LogP contribution in [0.15, 0.2) is 77.4 Å². The Morgan fingerprint density at radius 3 is 2.38 bits per heavy atom. The highest BCUT2D eigenvalue weighted by Crippen LogP contribution is 2.48. The van der Waals surface area contributed by atoms with E-state index < -0.39 is 15.5 Å². The van der Waals surface area contributed by atoms with Gasteiger partial charge in [0.1, 0.15) is 6.54 Å². The second-order valence-corrected chi connectivity index (χ2v) is 13.7. The number of rotatable bonds is 11. The first kappa shape index (κ1) is 31.4. The van der Waals surface area contributed by atoms with Crippen LogP contribution in [0.1, 0.15) is 77.0 Å². The molecule has 0 fully saturated rings. The molecule has 2 heterocycles. The largest absolute Gasteiger partial charge is 0.370 e. The molecule has 0 aliphatic carbocycles. The molecule has 8 heteroatoms. The summed E-state index contributed by atoms with van der Waals surface area (Å²) < 4.78 is 35.7. The minimum absolute atomic E-state index is 0.106. The Bertz CT molecular complexity index is 1610. The Kier molecular flexibility index (Phi) is 9.00. The molecule has 0 radical (unpaired) electrons. The highest BCUT2D eigenvalue weighted by molar-refractivity contribution is 7.85. The summed E-state index contributed by atoms with van der Waals surface area (Å²) >= 11 is 0. The third-order valence-corrected chi connectivity index (χ3v) is 9.41. The van der Waals surface area contributed by atoms with Gasteiger partial charge in [0.2, 0.25) is 11.6 Å². The molecule has 4 rings (SSSR count). The molecule has 3 N–H and O–H groups in total. The number of carbonyl (C=O) groups is 1. The summed E-state index contributed by atoms with van der Waals surface area (Å²) in [4.78, 5) is 13.4. The van der Waals surface area contributed by atoms with Crippen molar-refractivity contribution in [3.05, 3.63) is 89.2 Å². The number of likely N-dealkylation sites (N-methyl/N-ethyl adjacent to an activating group) is 1. The van der Waals surface area contributed by atoms with E-state index in [0.717, 1.165) is 42.8 Å². The molecule has 2 aliphatic rings. The zero-order valence-electron chi connectivity index (χ0n) is 25.6. The number of hydrogen-bond acceptors (Lipinski definition) is 4. The third kappa shape index (κ3) is 6.15. The van der Waals surface area contributed by atoms with Crippen LogP contribution >= 0.6 is 0 Å². The summed E-state index contributed by atoms with van der Waals surface area (Å²) in [6.45, 7) is 14.6. The number of nitrogens with two attached hydrogens (primary N) is 1. The van der Waals surface area contributed by atoms with Gasteiger partial charge in [0, 0.05) is 53.9 Å². The minimum Gasteiger partial charge on any atom is -0.370 e. The van der Waals surface area contributed by atoms with Gasteiger partial charge in [-0.2, -0.15) is 13.0 Å². The number of benzene rings is 2. The van der Waals surface area contributed by atoms with E-state index in [9.17, 15) is 17.8 Å². The average Bonchev–Trinajstić information content (AvgIpc) is 3.25. The van der Waals surface area contributed by atoms with Crippen LogP contribution in [0.25, 0.3) is 0 Å². The van der Waals surface area contributed by atoms with E-state index in [0.29, 0.717) is 13.0 Å². The van der Waals surface area contributed by atoms with E-state index >= 15 is 0 Å². The summed E-state index contributed by atoms with van der Waals surface area (Å²) in [6.07, 6.45) is 13.2. The van der Waals surface area contributed by atoms with Gasteiger partial charge >= 0.3 is 0 Å². The molecule has 224 valence electrons. The molecule has 0 unspecified atom stereocenters. The first-order chi connectivity index (χ1) is 19.7. The van der Waals surface area contributed by atoms with Crippen molar-refractivity contribution < 1.29 is 22.3 Å². The first-order valence-electron chi connectivity index (χ1n) is 14.7. The summed E-state index contributed by atoms with van der Waals surface area (Å²) in [6, 6.07) is 11.5. The Morgan fingerprint density at radius 2 is 1.71 bits per heavy atom. The highest BCUT2D eigenvalue weighted by atomic mass is 32.2. The second kappa shape index (κ2) is 12.0. The number of nitrogens with zero attached hydrogens (tertiary/aromatic N) is 2. The summed E-state index contributed by atoms with van der Waals surface area (Å²) in [5, 5.41) is 0. The summed E-state index contributed by atoms with van der Waals surface area (Å²) in [7, 11) is -4.32. The molecule has 0 spiro atoms. The number of primary amides is 1. The van der Waals surface area contributed by atoms with Gasteiger partial charge in [-0.15, -0.1) is 0 Å². The normalized spacial score (nSPS) is 18.5. The van der Waals surface area contributed by atoms with Crippen molar-refractivity contribution in [3.8, 4) is 0 Å². The predicted octanol–water partition coefficient (Wildman–Crippen LogP) is 6.48. The molecule has 0 saturated heterocycles. The lowest BCUT2D eigenvalue weighted by Gasteiger charge is -2.25. The number of aryl methyl sites for hydroxylation is 1. The lowest BCUT2D eigenvalue weighted by atomic mass is 9.81. The van der Waals surface area contributed by atoms with Gasteiger partial charge in [-0.05, 0) is 70.4 Å². The maximum absolute atomic E-state index is 11.9. The van der Waals surface area contributed by atoms with E-state index in [1.807, 2.05) is 12.2 Å². The molecule has 2 aromatic rings. The van der Waals surface area contributed by atoms with Gasteiger partial charge in [-0.25, -0.2) is 0 Å². The van der Waals surface area contributed by atoms with E-state index in [-0.39, 0.29) is 16.2 Å². The molecule has 0 aromatic heterocycles. The van der Waals surface area contributed by atoms with Crippen molar-refractivity contribution in [2.75, 3.05) is 18.0 Å². The summed E-state index contributed by atoms with van der Waals surface area (Å²) in [5.41, 5.74) is 12.6. The second-order valence-electron chi connectivity index (χ2n) is 12.3. The average molecular weight is 591 g/mol. The zero-order chi connectivity index (χ0) is 30.9. The van der Waals surface area contributed by atoms with Crippen LogP contribution in [0, 0.1) is 6.92 Å². The van der Waals surface area contributed by atoms with Crippen molar-refractivity contribution in [2.45, 2.75) is 83.0 Å². The van der Waals surface area contributed by atoms with Gasteiger partial charge < -0.3 is 10.6 Å². The van der Waals surface area contributed by atoms with Gasteiger partial charge in [0.05, 0.1) is 10.3 Å². The smallest absolute Gasteiger partial charge is 0.294 e. The van der Waals surface area contributed by atoms with Crippen molar-refractivity contribution in [2.24, 2.45) is 5.73 Å². The maximum atomic E-state index is 11.9. The van der Waals surface area contributed by atoms with Crippen LogP contribution in [0.3, 0.4) is 0 Å². The standard InChI is InChI=1S/C34H43N3O4S/c1-7-36-28-19-17-24(2)22-26(28)33(3,4)30(36)14-10-8-11-15-31-34(5,6)27-23-25(42(39,40)41)18-20-29(27)37(31)21-13-9-12-16-32(35)38/h8,10-11,14-15,17-20,22-23H,7,9,12-13,16,21H2,1-6H3,(H2-,35,38,39,40,41)/p+1. The summed E-state index contributed by atoms with van der Waals surface area (Å²) in [5.74, 6) is -0.292. The predicted molar refractivity (Wildman–Crippen MR) is 170 cm³/mol. The topological polar surface area (TPSA) is 104 Å². The maximum Gasteiger partial charge on any atom is 0.294 e. The first-order valence-corrected chi connectivity index (χ1v) is 16.1. The number of amides is 1. The minimum atomic E-state index is -4.32. The van der Waals surface area contributed by atoms with Gasteiger partial charge in [0.25, 0.3) is 10.1 Å². The molecular formula is C34H44N3O4S+. The number of allylic oxidation sites excluding steroid dienone is 6. The zero-order valence-corrected chi connectivity index (χ0v) is 26.5. The number of fused-ring (bicyclic) bond motifs is 2. The van der Waals surface area contributed by atoms with E-state index in [2.05, 4.69) is 87.4 Å². The van der Waals surface area contributed by atoms with E-state index in [1.54, 1.807) is 12.1 Å². The number of carbonyl (C=O) groups excluding carboxylic acids is 1. The lowest BCUT2D eigenvalue weighted by molar-refractivity contribution is -0.438. The Balaban J connectivity index is 1.63. The van der Waals surface area contributed by atoms with Crippen LogP contribution in [-0.2, 0) is 25.7 Å². The number of anilines is 1. The van der Waals surface area contributed by atoms with Crippen LogP contribution in [-0.4, -0.2) is 42.3 Å². The molecule has 0 atom stereocenters. The van der Waals surface area contributed by atoms with Gasteiger partial charge in [0.15, 0.2) is 5.71 Å². The van der Waals surface area contributed by atoms with E-state index in [4.69, 9.17) is 5.73 Å². The molecule has 1 amide bonds. The third-order valence-electron chi connectivity index (χ3n) is 8.56. The van der Waals surface area contributed by atoms with Crippen molar-refractivity contribution >= 4 is 33.1 Å². The molecule has 0 bridgehead atoms. The molecule has 0 saturated carbocycles. The van der Waals surface area contributed by atoms with Crippen LogP contribution < -0.4 is 10.6 Å². The molecule has 42 heavy (non-hydrogen) atoms. The number of hydrogen-bond donors (Lipinski definition) is 2. The molecule has 7 nitrogen and oxygen atoms in total. The fraction of sp³-hybridized carbons (Fsp3) is 0.412. The monoisotopic (exact) mass is 590 g/mol. The van der Waals surface area contributed by atoms with E-state index in [1.165, 1.54) is 28.6 Å². The van der Waals surface area contributed by atoms with Crippen LogP contribution in [0.2, 0.25) is 0 Å². The number of unbranched alkanes of at least 4 members (excludes halogenated alkanes) is 2. The fourth-order valence-corrected chi connectivity index (χ4v) is 6.80. The van der Waals surface area contributed by atoms with Crippen LogP contribution in [0.4, 0.5) is 11.4 Å². The molecule has 2 aliphatic heterocycles. The molecular weight excluding hydrogens is 546 g/mol. The Hall–Kier alpha value is -3.49. The molecule has 2 aromatic carbocycles. The van der Waals surface area contributed by atoms with Crippen LogP contribution in [0.5, 0.6) is 0 Å². The van der Waals surface area contributed by atoms with Gasteiger partial charge in [-0.1, -0.05) is 49.8 Å². The fourth-order valence-electron chi connectivity index (χ4n) is 6.29. The SMILES string of the molecule is CCN1\C(=C/C=C/C=C/C2=[N+](CCCCCC(N)=O)c3ccc(S(=O)(=O)O)cc3C2(C)C)C(C)(C)c2cc(C)ccc21.